The number of anilines is 1. The monoisotopic (exact) mass is 299 g/mol. The van der Waals surface area contributed by atoms with Crippen LogP contribution < -0.4 is 10.2 Å². The van der Waals surface area contributed by atoms with Gasteiger partial charge in [0.25, 0.3) is 0 Å². The van der Waals surface area contributed by atoms with E-state index in [1.807, 2.05) is 6.20 Å². The third-order valence-corrected chi connectivity index (χ3v) is 5.62. The van der Waals surface area contributed by atoms with Crippen molar-refractivity contribution in [3.63, 3.8) is 0 Å². The largest absolute Gasteiger partial charge is 0.371 e. The maximum absolute atomic E-state index is 4.63. The zero-order valence-electron chi connectivity index (χ0n) is 12.2. The Morgan fingerprint density at radius 2 is 1.90 bits per heavy atom. The fourth-order valence-electron chi connectivity index (χ4n) is 3.28. The molecule has 0 unspecified atom stereocenters. The first kappa shape index (κ1) is 13.3. The minimum absolute atomic E-state index is 0.112. The van der Waals surface area contributed by atoms with Gasteiger partial charge in [0.2, 0.25) is 0 Å². The summed E-state index contributed by atoms with van der Waals surface area (Å²) in [5, 5.41) is 7.29. The summed E-state index contributed by atoms with van der Waals surface area (Å²) in [5.74, 6) is 0. The van der Waals surface area contributed by atoms with Gasteiger partial charge in [-0.25, -0.2) is 4.98 Å². The van der Waals surface area contributed by atoms with Crippen LogP contribution in [0.3, 0.4) is 0 Å². The van der Waals surface area contributed by atoms with E-state index < -0.39 is 0 Å². The molecule has 2 heterocycles. The molecule has 4 rings (SSSR count). The maximum atomic E-state index is 4.63. The van der Waals surface area contributed by atoms with E-state index in [-0.39, 0.29) is 5.54 Å². The predicted octanol–water partition coefficient (Wildman–Crippen LogP) is 3.39. The molecule has 0 atom stereocenters. The summed E-state index contributed by atoms with van der Waals surface area (Å²) in [7, 11) is 0. The summed E-state index contributed by atoms with van der Waals surface area (Å²) >= 11 is 1.80. The lowest BCUT2D eigenvalue weighted by molar-refractivity contribution is 0.259. The van der Waals surface area contributed by atoms with Gasteiger partial charge in [0, 0.05) is 36.4 Å². The van der Waals surface area contributed by atoms with E-state index in [4.69, 9.17) is 0 Å². The van der Waals surface area contributed by atoms with Crippen molar-refractivity contribution in [2.75, 3.05) is 18.0 Å². The number of rotatable bonds is 4. The highest BCUT2D eigenvalue weighted by Crippen LogP contribution is 2.38. The third-order valence-electron chi connectivity index (χ3n) is 4.64. The van der Waals surface area contributed by atoms with Crippen LogP contribution in [-0.4, -0.2) is 24.1 Å². The molecule has 110 valence electrons. The second kappa shape index (κ2) is 5.43. The van der Waals surface area contributed by atoms with E-state index in [9.17, 15) is 0 Å². The molecule has 0 amide bonds. The predicted molar refractivity (Wildman–Crippen MR) is 87.8 cm³/mol. The van der Waals surface area contributed by atoms with Crippen LogP contribution in [0, 0.1) is 0 Å². The van der Waals surface area contributed by atoms with Crippen LogP contribution in [0.2, 0.25) is 0 Å². The summed E-state index contributed by atoms with van der Waals surface area (Å²) in [6, 6.07) is 11.5. The molecule has 2 aliphatic rings. The molecular formula is C17H21N3S. The first-order chi connectivity index (χ1) is 10.4. The van der Waals surface area contributed by atoms with E-state index in [1.165, 1.54) is 23.5 Å². The average Bonchev–Trinajstić information content (AvgIpc) is 3.17. The number of thiazole rings is 1. The fraction of sp³-hybridized carbons (Fsp3) is 0.471. The Labute approximate surface area is 130 Å². The molecule has 1 saturated heterocycles. The zero-order valence-corrected chi connectivity index (χ0v) is 13.0. The van der Waals surface area contributed by atoms with Gasteiger partial charge in [-0.1, -0.05) is 18.2 Å². The van der Waals surface area contributed by atoms with Gasteiger partial charge in [0.1, 0.15) is 5.01 Å². The molecule has 1 aromatic heterocycles. The highest BCUT2D eigenvalue weighted by molar-refractivity contribution is 7.09. The number of benzene rings is 1. The summed E-state index contributed by atoms with van der Waals surface area (Å²) in [6.07, 6.45) is 6.89. The standard InChI is InChI=1S/C17H21N3S/c1-2-4-15(5-3-1)20-11-8-17(9-12-20,19-14-6-7-14)16-18-10-13-21-16/h1-5,10,13-14,19H,6-9,11-12H2. The molecule has 4 heteroatoms. The van der Waals surface area contributed by atoms with Crippen LogP contribution in [0.5, 0.6) is 0 Å². The SMILES string of the molecule is c1ccc(N2CCC(NC3CC3)(c3nccs3)CC2)cc1. The lowest BCUT2D eigenvalue weighted by Crippen LogP contribution is -2.52. The van der Waals surface area contributed by atoms with Gasteiger partial charge in [0.05, 0.1) is 5.54 Å². The van der Waals surface area contributed by atoms with Crippen molar-refractivity contribution in [3.8, 4) is 0 Å². The second-order valence-electron chi connectivity index (χ2n) is 6.16. The number of hydrogen-bond donors (Lipinski definition) is 1. The van der Waals surface area contributed by atoms with Crippen LogP contribution in [0.25, 0.3) is 0 Å². The summed E-state index contributed by atoms with van der Waals surface area (Å²) in [5.41, 5.74) is 1.46. The van der Waals surface area contributed by atoms with Crippen LogP contribution >= 0.6 is 11.3 Å². The summed E-state index contributed by atoms with van der Waals surface area (Å²) in [4.78, 5) is 7.13. The number of hydrogen-bond acceptors (Lipinski definition) is 4. The van der Waals surface area contributed by atoms with Gasteiger partial charge in [-0.15, -0.1) is 11.3 Å². The van der Waals surface area contributed by atoms with E-state index in [2.05, 4.69) is 50.9 Å². The Balaban J connectivity index is 1.52. The first-order valence-electron chi connectivity index (χ1n) is 7.83. The minimum Gasteiger partial charge on any atom is -0.371 e. The van der Waals surface area contributed by atoms with E-state index in [1.54, 1.807) is 11.3 Å². The number of aromatic nitrogens is 1. The van der Waals surface area contributed by atoms with Gasteiger partial charge in [0.15, 0.2) is 0 Å². The molecule has 0 spiro atoms. The fourth-order valence-corrected chi connectivity index (χ4v) is 4.14. The first-order valence-corrected chi connectivity index (χ1v) is 8.71. The molecule has 1 aliphatic heterocycles. The highest BCUT2D eigenvalue weighted by Gasteiger charge is 2.41. The normalized spacial score (nSPS) is 21.4. The van der Waals surface area contributed by atoms with E-state index in [0.29, 0.717) is 0 Å². The topological polar surface area (TPSA) is 28.2 Å². The Bertz CT molecular complexity index is 569. The molecule has 1 saturated carbocycles. The van der Waals surface area contributed by atoms with Crippen LogP contribution in [0.15, 0.2) is 41.9 Å². The van der Waals surface area contributed by atoms with Crippen molar-refractivity contribution < 1.29 is 0 Å². The lowest BCUT2D eigenvalue weighted by Gasteiger charge is -2.42. The lowest BCUT2D eigenvalue weighted by atomic mass is 9.87. The Kier molecular flexibility index (Phi) is 3.43. The Hall–Kier alpha value is -1.39. The summed E-state index contributed by atoms with van der Waals surface area (Å²) in [6.45, 7) is 2.20. The quantitative estimate of drug-likeness (QED) is 0.938. The van der Waals surface area contributed by atoms with E-state index >= 15 is 0 Å². The molecule has 2 aromatic rings. The Morgan fingerprint density at radius 1 is 1.14 bits per heavy atom. The van der Waals surface area contributed by atoms with Crippen molar-refractivity contribution in [1.82, 2.24) is 10.3 Å². The molecule has 1 aliphatic carbocycles. The minimum atomic E-state index is 0.112. The van der Waals surface area contributed by atoms with Crippen molar-refractivity contribution >= 4 is 17.0 Å². The number of para-hydroxylation sites is 1. The molecular weight excluding hydrogens is 278 g/mol. The number of nitrogens with one attached hydrogen (secondary N) is 1. The van der Waals surface area contributed by atoms with Gasteiger partial charge >= 0.3 is 0 Å². The summed E-state index contributed by atoms with van der Waals surface area (Å²) < 4.78 is 0. The van der Waals surface area contributed by atoms with Crippen LogP contribution in [0.4, 0.5) is 5.69 Å². The van der Waals surface area contributed by atoms with Crippen molar-refractivity contribution in [2.45, 2.75) is 37.3 Å². The maximum Gasteiger partial charge on any atom is 0.113 e. The van der Waals surface area contributed by atoms with Crippen molar-refractivity contribution in [1.29, 1.82) is 0 Å². The van der Waals surface area contributed by atoms with Crippen molar-refractivity contribution in [3.05, 3.63) is 46.9 Å². The molecule has 1 N–H and O–H groups in total. The molecule has 1 aromatic carbocycles. The number of nitrogens with zero attached hydrogens (tertiary/aromatic N) is 2. The average molecular weight is 299 g/mol. The van der Waals surface area contributed by atoms with Gasteiger partial charge in [-0.3, -0.25) is 0 Å². The van der Waals surface area contributed by atoms with Gasteiger partial charge in [-0.2, -0.15) is 0 Å². The molecule has 0 radical (unpaired) electrons. The van der Waals surface area contributed by atoms with Gasteiger partial charge in [-0.05, 0) is 37.8 Å². The smallest absolute Gasteiger partial charge is 0.113 e. The molecule has 21 heavy (non-hydrogen) atoms. The van der Waals surface area contributed by atoms with Crippen molar-refractivity contribution in [2.24, 2.45) is 0 Å². The zero-order chi connectivity index (χ0) is 14.1. The van der Waals surface area contributed by atoms with Crippen LogP contribution in [-0.2, 0) is 5.54 Å². The number of piperidine rings is 1. The molecule has 0 bridgehead atoms. The Morgan fingerprint density at radius 3 is 2.52 bits per heavy atom. The molecule has 3 nitrogen and oxygen atoms in total. The van der Waals surface area contributed by atoms with Crippen LogP contribution in [0.1, 0.15) is 30.7 Å². The van der Waals surface area contributed by atoms with E-state index in [0.717, 1.165) is 32.0 Å². The third kappa shape index (κ3) is 2.70. The van der Waals surface area contributed by atoms with Gasteiger partial charge < -0.3 is 10.2 Å². The molecule has 2 fully saturated rings. The second-order valence-corrected chi connectivity index (χ2v) is 7.06. The highest BCUT2D eigenvalue weighted by atomic mass is 32.1.